The number of nitrogens with one attached hydrogen (secondary N) is 3. The molecule has 0 saturated carbocycles. The molecule has 46 heavy (non-hydrogen) atoms. The van der Waals surface area contributed by atoms with Crippen molar-refractivity contribution in [1.29, 1.82) is 0 Å². The topological polar surface area (TPSA) is 120 Å². The summed E-state index contributed by atoms with van der Waals surface area (Å²) in [5.74, 6) is -0.944. The molecule has 3 aliphatic rings. The molecule has 3 heterocycles. The first-order valence-corrected chi connectivity index (χ1v) is 16.4. The highest BCUT2D eigenvalue weighted by Crippen LogP contribution is 2.27. The van der Waals surface area contributed by atoms with E-state index >= 15 is 0 Å². The average molecular weight is 632 g/mol. The van der Waals surface area contributed by atoms with Gasteiger partial charge in [-0.15, -0.1) is 0 Å². The van der Waals surface area contributed by atoms with Gasteiger partial charge in [-0.05, 0) is 55.3 Å². The van der Waals surface area contributed by atoms with Gasteiger partial charge < -0.3 is 25.6 Å². The molecule has 7 atom stereocenters. The van der Waals surface area contributed by atoms with Crippen molar-refractivity contribution in [2.75, 3.05) is 20.6 Å². The first-order valence-electron chi connectivity index (χ1n) is 16.4. The van der Waals surface area contributed by atoms with Gasteiger partial charge in [0, 0.05) is 25.6 Å². The Hall–Kier alpha value is -4.18. The predicted molar refractivity (Wildman–Crippen MR) is 179 cm³/mol. The van der Waals surface area contributed by atoms with Crippen LogP contribution in [-0.4, -0.2) is 84.3 Å². The SMILES string of the molecule is CC[C@@H](C)[C@@H]1NC(=O)[C@@H]2[C@H](CCN2C(=O)[C@H](Cc2ccccc2)NC(=O)[C@H]([C@H](C)CC)N(C)C)Oc2ccc(cc2)C=CNC1=O. The smallest absolute Gasteiger partial charge is 0.247 e. The minimum absolute atomic E-state index is 0.0577. The van der Waals surface area contributed by atoms with Gasteiger partial charge in [-0.3, -0.25) is 24.1 Å². The minimum Gasteiger partial charge on any atom is -0.488 e. The monoisotopic (exact) mass is 631 g/mol. The second-order valence-electron chi connectivity index (χ2n) is 12.7. The van der Waals surface area contributed by atoms with Crippen molar-refractivity contribution in [3.05, 3.63) is 71.9 Å². The summed E-state index contributed by atoms with van der Waals surface area (Å²) in [6, 6.07) is 13.7. The Kier molecular flexibility index (Phi) is 12.0. The lowest BCUT2D eigenvalue weighted by atomic mass is 9.96. The number of nitrogens with zero attached hydrogens (tertiary/aromatic N) is 2. The van der Waals surface area contributed by atoms with Crippen LogP contribution in [0.3, 0.4) is 0 Å². The largest absolute Gasteiger partial charge is 0.488 e. The lowest BCUT2D eigenvalue weighted by molar-refractivity contribution is -0.144. The van der Waals surface area contributed by atoms with Crippen LogP contribution < -0.4 is 20.7 Å². The van der Waals surface area contributed by atoms with Gasteiger partial charge in [0.15, 0.2) is 0 Å². The Morgan fingerprint density at radius 1 is 1.00 bits per heavy atom. The van der Waals surface area contributed by atoms with Crippen LogP contribution in [0.2, 0.25) is 0 Å². The molecule has 248 valence electrons. The number of fused-ring (bicyclic) bond motifs is 7. The van der Waals surface area contributed by atoms with Crippen LogP contribution in [-0.2, 0) is 25.6 Å². The quantitative estimate of drug-likeness (QED) is 0.370. The number of hydrogen-bond donors (Lipinski definition) is 3. The van der Waals surface area contributed by atoms with E-state index in [1.165, 1.54) is 4.90 Å². The summed E-state index contributed by atoms with van der Waals surface area (Å²) in [4.78, 5) is 59.1. The molecule has 10 nitrogen and oxygen atoms in total. The van der Waals surface area contributed by atoms with Crippen molar-refractivity contribution in [2.24, 2.45) is 11.8 Å². The Morgan fingerprint density at radius 3 is 2.33 bits per heavy atom. The van der Waals surface area contributed by atoms with E-state index in [1.54, 1.807) is 12.3 Å². The van der Waals surface area contributed by atoms with Gasteiger partial charge in [0.1, 0.15) is 30.0 Å². The highest BCUT2D eigenvalue weighted by atomic mass is 16.5. The fourth-order valence-electron chi connectivity index (χ4n) is 6.26. The molecule has 1 fully saturated rings. The maximum absolute atomic E-state index is 14.5. The highest BCUT2D eigenvalue weighted by Gasteiger charge is 2.46. The molecule has 2 aromatic rings. The average Bonchev–Trinajstić information content (AvgIpc) is 3.46. The number of hydrogen-bond acceptors (Lipinski definition) is 6. The molecule has 0 aromatic heterocycles. The van der Waals surface area contributed by atoms with Crippen LogP contribution in [0.15, 0.2) is 60.8 Å². The summed E-state index contributed by atoms with van der Waals surface area (Å²) < 4.78 is 6.36. The molecule has 3 N–H and O–H groups in total. The molecule has 5 rings (SSSR count). The van der Waals surface area contributed by atoms with E-state index in [4.69, 9.17) is 4.74 Å². The summed E-state index contributed by atoms with van der Waals surface area (Å²) in [7, 11) is 3.72. The zero-order chi connectivity index (χ0) is 33.4. The first-order chi connectivity index (χ1) is 22.0. The number of carbonyl (C=O) groups excluding carboxylic acids is 4. The molecule has 0 unspecified atom stereocenters. The van der Waals surface area contributed by atoms with Gasteiger partial charge in [-0.25, -0.2) is 0 Å². The second kappa shape index (κ2) is 15.9. The van der Waals surface area contributed by atoms with Gasteiger partial charge in [0.2, 0.25) is 23.6 Å². The Labute approximate surface area is 272 Å². The molecule has 2 bridgehead atoms. The molecule has 4 amide bonds. The van der Waals surface area contributed by atoms with Crippen molar-refractivity contribution < 1.29 is 23.9 Å². The van der Waals surface area contributed by atoms with E-state index in [9.17, 15) is 19.2 Å². The van der Waals surface area contributed by atoms with E-state index < -0.39 is 36.2 Å². The maximum atomic E-state index is 14.5. The van der Waals surface area contributed by atoms with Crippen LogP contribution in [0, 0.1) is 11.8 Å². The summed E-state index contributed by atoms with van der Waals surface area (Å²) in [6.07, 6.45) is 4.81. The number of rotatable bonds is 10. The first kappa shape index (κ1) is 34.7. The number of carbonyl (C=O) groups is 4. The van der Waals surface area contributed by atoms with E-state index in [1.807, 2.05) is 101 Å². The second-order valence-corrected chi connectivity index (χ2v) is 12.7. The molecule has 3 aliphatic heterocycles. The summed E-state index contributed by atoms with van der Waals surface area (Å²) in [6.45, 7) is 8.18. The van der Waals surface area contributed by atoms with Crippen LogP contribution in [0.5, 0.6) is 5.75 Å². The van der Waals surface area contributed by atoms with E-state index in [0.29, 0.717) is 18.6 Å². The lowest BCUT2D eigenvalue weighted by Gasteiger charge is -2.34. The van der Waals surface area contributed by atoms with Crippen molar-refractivity contribution >= 4 is 29.7 Å². The molecule has 2 aromatic carbocycles. The molecule has 0 spiro atoms. The van der Waals surface area contributed by atoms with Crippen molar-refractivity contribution in [3.63, 3.8) is 0 Å². The number of benzene rings is 2. The molecule has 1 saturated heterocycles. The lowest BCUT2D eigenvalue weighted by Crippen LogP contribution is -2.61. The third-order valence-electron chi connectivity index (χ3n) is 9.26. The van der Waals surface area contributed by atoms with Crippen molar-refractivity contribution in [2.45, 2.75) is 83.6 Å². The van der Waals surface area contributed by atoms with Gasteiger partial charge in [-0.2, -0.15) is 0 Å². The minimum atomic E-state index is -1.01. The van der Waals surface area contributed by atoms with E-state index in [2.05, 4.69) is 16.0 Å². The van der Waals surface area contributed by atoms with Gasteiger partial charge in [0.25, 0.3) is 0 Å². The van der Waals surface area contributed by atoms with Gasteiger partial charge in [-0.1, -0.05) is 83.0 Å². The van der Waals surface area contributed by atoms with Crippen molar-refractivity contribution in [1.82, 2.24) is 25.8 Å². The number of likely N-dealkylation sites (N-methyl/N-ethyl adjacent to an activating group) is 1. The zero-order valence-corrected chi connectivity index (χ0v) is 27.9. The summed E-state index contributed by atoms with van der Waals surface area (Å²) >= 11 is 0. The number of amides is 4. The number of ether oxygens (including phenoxy) is 1. The molecule has 0 radical (unpaired) electrons. The van der Waals surface area contributed by atoms with E-state index in [-0.39, 0.29) is 42.5 Å². The predicted octanol–water partition coefficient (Wildman–Crippen LogP) is 3.37. The van der Waals surface area contributed by atoms with Crippen LogP contribution >= 0.6 is 0 Å². The summed E-state index contributed by atoms with van der Waals surface area (Å²) in [5.41, 5.74) is 1.76. The third kappa shape index (κ3) is 8.34. The molecular formula is C36H49N5O5. The van der Waals surface area contributed by atoms with Crippen molar-refractivity contribution in [3.8, 4) is 5.75 Å². The standard InChI is InChI=1S/C36H49N5O5/c1-7-23(3)30-33(42)37-20-18-25-14-16-27(17-15-25)46-29-19-21-41(32(29)35(44)39-30)36(45)28(22-26-12-10-9-11-13-26)38-34(43)31(40(5)6)24(4)8-2/h9-18,20,23-24,28-32H,7-8,19,21-22H2,1-6H3,(H,37,42)(H,38,43)(H,39,44)/t23-,24-,28+,29+,30+,31+,32+/m1/s1. The van der Waals surface area contributed by atoms with Gasteiger partial charge in [0.05, 0.1) is 6.04 Å². The Balaban J connectivity index is 1.70. The fourth-order valence-corrected chi connectivity index (χ4v) is 6.26. The molecule has 0 aliphatic carbocycles. The summed E-state index contributed by atoms with van der Waals surface area (Å²) in [5, 5.41) is 8.81. The number of likely N-dealkylation sites (tertiary alicyclic amines) is 1. The molecular weight excluding hydrogens is 582 g/mol. The van der Waals surface area contributed by atoms with Crippen LogP contribution in [0.4, 0.5) is 0 Å². The highest BCUT2D eigenvalue weighted by molar-refractivity contribution is 5.96. The normalized spacial score (nSPS) is 22.5. The van der Waals surface area contributed by atoms with Gasteiger partial charge >= 0.3 is 0 Å². The fraction of sp³-hybridized carbons (Fsp3) is 0.500. The van der Waals surface area contributed by atoms with Crippen LogP contribution in [0.25, 0.3) is 6.08 Å². The van der Waals surface area contributed by atoms with Crippen LogP contribution in [0.1, 0.15) is 58.1 Å². The molecule has 10 heteroatoms. The Morgan fingerprint density at radius 2 is 1.70 bits per heavy atom. The van der Waals surface area contributed by atoms with E-state index in [0.717, 1.165) is 17.5 Å². The third-order valence-corrected chi connectivity index (χ3v) is 9.26. The Bertz CT molecular complexity index is 1380. The maximum Gasteiger partial charge on any atom is 0.247 e. The zero-order valence-electron chi connectivity index (χ0n) is 27.9.